The molecule has 8 nitrogen and oxygen atoms in total. The van der Waals surface area contributed by atoms with Crippen molar-refractivity contribution >= 4 is 44.3 Å². The number of ether oxygens (including phenoxy) is 2. The van der Waals surface area contributed by atoms with Crippen molar-refractivity contribution in [2.24, 2.45) is 5.73 Å². The molecule has 0 spiro atoms. The van der Waals surface area contributed by atoms with E-state index in [9.17, 15) is 14.7 Å². The molecule has 0 aliphatic carbocycles. The number of fused-ring (bicyclic) bond motifs is 2. The van der Waals surface area contributed by atoms with Gasteiger partial charge in [0.25, 0.3) is 0 Å². The van der Waals surface area contributed by atoms with Crippen molar-refractivity contribution in [3.63, 3.8) is 0 Å². The van der Waals surface area contributed by atoms with Crippen LogP contribution in [0.3, 0.4) is 0 Å². The molecule has 0 radical (unpaired) electrons. The summed E-state index contributed by atoms with van der Waals surface area (Å²) >= 11 is 3.52. The molecule has 0 aromatic heterocycles. The molecule has 3 aromatic rings. The molecule has 1 amide bonds. The molecule has 4 N–H and O–H groups in total. The molecule has 9 heteroatoms. The number of aliphatic hydroxyl groups excluding tert-OH is 1. The number of hydrogen-bond acceptors (Lipinski definition) is 7. The third-order valence-corrected chi connectivity index (χ3v) is 6.55. The van der Waals surface area contributed by atoms with Gasteiger partial charge in [0.05, 0.1) is 18.9 Å². The smallest absolute Gasteiger partial charge is 0.335 e. The van der Waals surface area contributed by atoms with Gasteiger partial charge in [-0.05, 0) is 66.6 Å². The van der Waals surface area contributed by atoms with Crippen LogP contribution >= 0.6 is 15.9 Å². The number of amides is 1. The fourth-order valence-electron chi connectivity index (χ4n) is 4.09. The largest absolute Gasteiger partial charge is 0.496 e. The first-order chi connectivity index (χ1) is 16.7. The molecule has 4 rings (SSSR count). The molecule has 1 aliphatic rings. The zero-order chi connectivity index (χ0) is 25.3. The molecule has 1 aliphatic heterocycles. The molecule has 0 fully saturated rings. The van der Waals surface area contributed by atoms with Gasteiger partial charge in [-0.25, -0.2) is 4.79 Å². The molecular weight excluding hydrogens is 514 g/mol. The van der Waals surface area contributed by atoms with Crippen molar-refractivity contribution in [3.8, 4) is 11.5 Å². The number of carbonyl (C=O) groups is 2. The van der Waals surface area contributed by atoms with Crippen molar-refractivity contribution in [1.29, 1.82) is 0 Å². The van der Waals surface area contributed by atoms with E-state index in [0.29, 0.717) is 18.0 Å². The van der Waals surface area contributed by atoms with Gasteiger partial charge in [0.15, 0.2) is 5.75 Å². The van der Waals surface area contributed by atoms with Gasteiger partial charge in [0.2, 0.25) is 5.91 Å². The van der Waals surface area contributed by atoms with E-state index in [1.807, 2.05) is 48.2 Å². The second-order valence-electron chi connectivity index (χ2n) is 8.76. The predicted molar refractivity (Wildman–Crippen MR) is 138 cm³/mol. The molecule has 3 atom stereocenters. The third kappa shape index (κ3) is 5.42. The Kier molecular flexibility index (Phi) is 7.30. The van der Waals surface area contributed by atoms with Crippen LogP contribution in [0.2, 0.25) is 0 Å². The summed E-state index contributed by atoms with van der Waals surface area (Å²) in [6.45, 7) is 3.87. The Balaban J connectivity index is 1.72. The van der Waals surface area contributed by atoms with E-state index in [1.54, 1.807) is 13.2 Å². The summed E-state index contributed by atoms with van der Waals surface area (Å²) < 4.78 is 12.3. The summed E-state index contributed by atoms with van der Waals surface area (Å²) in [5, 5.41) is 14.4. The normalized spacial score (nSPS) is 17.3. The molecule has 1 heterocycles. The van der Waals surface area contributed by atoms with E-state index >= 15 is 0 Å². The highest BCUT2D eigenvalue weighted by atomic mass is 79.9. The quantitative estimate of drug-likeness (QED) is 0.324. The fourth-order valence-corrected chi connectivity index (χ4v) is 4.47. The number of nitrogens with zero attached hydrogens (tertiary/aromatic N) is 1. The maximum absolute atomic E-state index is 13.0. The topological polar surface area (TPSA) is 114 Å². The molecule has 0 saturated heterocycles. The lowest BCUT2D eigenvalue weighted by molar-refractivity contribution is -0.139. The summed E-state index contributed by atoms with van der Waals surface area (Å²) in [6.07, 6.45) is -1.06. The number of nitrogens with one attached hydrogen (secondary N) is 1. The minimum Gasteiger partial charge on any atom is -0.496 e. The highest BCUT2D eigenvalue weighted by Crippen LogP contribution is 2.36. The van der Waals surface area contributed by atoms with E-state index in [2.05, 4.69) is 27.3 Å². The van der Waals surface area contributed by atoms with Gasteiger partial charge in [-0.1, -0.05) is 28.1 Å². The van der Waals surface area contributed by atoms with Crippen molar-refractivity contribution in [2.75, 3.05) is 18.6 Å². The number of benzene rings is 3. The zero-order valence-electron chi connectivity index (χ0n) is 19.7. The number of hydrogen-bond donors (Lipinski definition) is 3. The van der Waals surface area contributed by atoms with Crippen LogP contribution in [0.1, 0.15) is 18.1 Å². The molecular formula is C26H28BrN3O5. The van der Waals surface area contributed by atoms with Crippen molar-refractivity contribution < 1.29 is 24.2 Å². The summed E-state index contributed by atoms with van der Waals surface area (Å²) in [4.78, 5) is 27.5. The van der Waals surface area contributed by atoms with Crippen LogP contribution in [0.25, 0.3) is 10.8 Å². The van der Waals surface area contributed by atoms with Crippen molar-refractivity contribution in [3.05, 3.63) is 64.1 Å². The Morgan fingerprint density at radius 3 is 2.74 bits per heavy atom. The number of rotatable bonds is 6. The van der Waals surface area contributed by atoms with Crippen LogP contribution in [-0.4, -0.2) is 48.8 Å². The second-order valence-corrected chi connectivity index (χ2v) is 9.67. The highest BCUT2D eigenvalue weighted by Gasteiger charge is 2.33. The SMILES string of the molecule is COc1cc2ccc(Br)cc2cc1CN1CC(NC(=O)[C@@H](N)[C@@H](C)O)C(=O)Oc2cc(C)ccc21. The van der Waals surface area contributed by atoms with Crippen LogP contribution in [0.15, 0.2) is 53.0 Å². The first-order valence-corrected chi connectivity index (χ1v) is 12.0. The number of nitrogens with two attached hydrogens (primary N) is 1. The maximum atomic E-state index is 13.0. The zero-order valence-corrected chi connectivity index (χ0v) is 21.3. The summed E-state index contributed by atoms with van der Waals surface area (Å²) in [6, 6.07) is 13.5. The van der Waals surface area contributed by atoms with E-state index in [1.165, 1.54) is 6.92 Å². The van der Waals surface area contributed by atoms with Gasteiger partial charge in [-0.3, -0.25) is 4.79 Å². The standard InChI is InChI=1S/C26H28BrN3O5/c1-14-4-7-21-23(8-14)35-26(33)20(29-25(32)24(28)15(2)31)13-30(21)12-18-9-17-10-19(27)6-5-16(17)11-22(18)34-3/h4-11,15,20,24,31H,12-13,28H2,1-3H3,(H,29,32)/t15-,20?,24+/m1/s1. The molecule has 3 aromatic carbocycles. The van der Waals surface area contributed by atoms with Crippen LogP contribution < -0.4 is 25.4 Å². The Morgan fingerprint density at radius 2 is 2.03 bits per heavy atom. The number of aliphatic hydroxyl groups is 1. The lowest BCUT2D eigenvalue weighted by atomic mass is 10.0. The number of carbonyl (C=O) groups excluding carboxylic acids is 2. The number of aryl methyl sites for hydroxylation is 1. The van der Waals surface area contributed by atoms with Crippen molar-refractivity contribution in [2.45, 2.75) is 38.6 Å². The lowest BCUT2D eigenvalue weighted by Crippen LogP contribution is -2.55. The average Bonchev–Trinajstić information content (AvgIpc) is 2.93. The van der Waals surface area contributed by atoms with E-state index in [4.69, 9.17) is 15.2 Å². The Labute approximate surface area is 212 Å². The van der Waals surface area contributed by atoms with E-state index < -0.39 is 30.1 Å². The van der Waals surface area contributed by atoms with Crippen LogP contribution in [0, 0.1) is 6.92 Å². The van der Waals surface area contributed by atoms with Gasteiger partial charge in [0.1, 0.15) is 17.8 Å². The van der Waals surface area contributed by atoms with Crippen molar-refractivity contribution in [1.82, 2.24) is 5.32 Å². The van der Waals surface area contributed by atoms with Gasteiger partial charge in [-0.15, -0.1) is 0 Å². The van der Waals surface area contributed by atoms with E-state index in [0.717, 1.165) is 32.1 Å². The number of halogens is 1. The fraction of sp³-hybridized carbons (Fsp3) is 0.308. The van der Waals surface area contributed by atoms with Gasteiger partial charge >= 0.3 is 5.97 Å². The van der Waals surface area contributed by atoms with Crippen LogP contribution in [0.4, 0.5) is 5.69 Å². The monoisotopic (exact) mass is 541 g/mol. The van der Waals surface area contributed by atoms with Crippen LogP contribution in [0.5, 0.6) is 11.5 Å². The molecule has 0 bridgehead atoms. The minimum absolute atomic E-state index is 0.146. The first kappa shape index (κ1) is 25.0. The lowest BCUT2D eigenvalue weighted by Gasteiger charge is -2.28. The molecule has 184 valence electrons. The minimum atomic E-state index is -1.16. The average molecular weight is 542 g/mol. The van der Waals surface area contributed by atoms with Gasteiger partial charge < -0.3 is 30.5 Å². The summed E-state index contributed by atoms with van der Waals surface area (Å²) in [5.41, 5.74) is 8.34. The predicted octanol–water partition coefficient (Wildman–Crippen LogP) is 3.04. The maximum Gasteiger partial charge on any atom is 0.335 e. The number of anilines is 1. The Hall–Kier alpha value is -3.14. The third-order valence-electron chi connectivity index (χ3n) is 6.06. The van der Waals surface area contributed by atoms with E-state index in [-0.39, 0.29) is 6.54 Å². The van der Waals surface area contributed by atoms with Crippen LogP contribution in [-0.2, 0) is 16.1 Å². The number of esters is 1. The molecule has 1 unspecified atom stereocenters. The number of methoxy groups -OCH3 is 1. The second kappa shape index (κ2) is 10.2. The Bertz CT molecular complexity index is 1280. The molecule has 0 saturated carbocycles. The summed E-state index contributed by atoms with van der Waals surface area (Å²) in [5.74, 6) is -0.104. The van der Waals surface area contributed by atoms with Gasteiger partial charge in [0, 0.05) is 23.1 Å². The molecule has 35 heavy (non-hydrogen) atoms. The Morgan fingerprint density at radius 1 is 1.26 bits per heavy atom. The van der Waals surface area contributed by atoms with Gasteiger partial charge in [-0.2, -0.15) is 0 Å². The first-order valence-electron chi connectivity index (χ1n) is 11.2. The summed E-state index contributed by atoms with van der Waals surface area (Å²) in [7, 11) is 1.62. The highest BCUT2D eigenvalue weighted by molar-refractivity contribution is 9.10.